The standard InChI is InChI=1S/C12H14N2O3S/c1-17-11(16)4-7-14-10(15)8-18-12(14)9-2-5-13-6-3-9/h2-3,5-6,12H,4,7-8H2,1H3. The smallest absolute Gasteiger partial charge is 0.307 e. The van der Waals surface area contributed by atoms with Crippen molar-refractivity contribution in [3.63, 3.8) is 0 Å². The van der Waals surface area contributed by atoms with Crippen LogP contribution in [0, 0.1) is 0 Å². The predicted octanol–water partition coefficient (Wildman–Crippen LogP) is 1.22. The van der Waals surface area contributed by atoms with Gasteiger partial charge >= 0.3 is 5.97 Å². The molecule has 2 rings (SSSR count). The van der Waals surface area contributed by atoms with Crippen molar-refractivity contribution in [1.29, 1.82) is 0 Å². The van der Waals surface area contributed by atoms with Crippen LogP contribution in [0.5, 0.6) is 0 Å². The van der Waals surface area contributed by atoms with Crippen LogP contribution in [0.15, 0.2) is 24.5 Å². The van der Waals surface area contributed by atoms with E-state index in [4.69, 9.17) is 0 Å². The van der Waals surface area contributed by atoms with Gasteiger partial charge in [0.05, 0.1) is 19.3 Å². The number of carbonyl (C=O) groups is 2. The molecule has 1 aliphatic heterocycles. The molecule has 1 atom stereocenters. The molecule has 1 fully saturated rings. The second kappa shape index (κ2) is 5.86. The minimum absolute atomic E-state index is 0.0230. The van der Waals surface area contributed by atoms with E-state index in [1.54, 1.807) is 29.1 Å². The highest BCUT2D eigenvalue weighted by atomic mass is 32.2. The number of nitrogens with zero attached hydrogens (tertiary/aromatic N) is 2. The number of hydrogen-bond acceptors (Lipinski definition) is 5. The molecule has 6 heteroatoms. The zero-order valence-electron chi connectivity index (χ0n) is 10.0. The van der Waals surface area contributed by atoms with Gasteiger partial charge in [0.25, 0.3) is 0 Å². The van der Waals surface area contributed by atoms with Crippen molar-refractivity contribution >= 4 is 23.6 Å². The SMILES string of the molecule is COC(=O)CCN1C(=O)CSC1c1ccncc1. The molecule has 1 saturated heterocycles. The number of aromatic nitrogens is 1. The van der Waals surface area contributed by atoms with E-state index in [1.807, 2.05) is 12.1 Å². The Kier molecular flexibility index (Phi) is 4.19. The summed E-state index contributed by atoms with van der Waals surface area (Å²) in [5.41, 5.74) is 1.03. The van der Waals surface area contributed by atoms with Crippen molar-refractivity contribution in [3.8, 4) is 0 Å². The lowest BCUT2D eigenvalue weighted by atomic mass is 10.2. The van der Waals surface area contributed by atoms with E-state index < -0.39 is 0 Å². The molecule has 2 heterocycles. The molecule has 96 valence electrons. The number of hydrogen-bond donors (Lipinski definition) is 0. The summed E-state index contributed by atoms with van der Waals surface area (Å²) in [4.78, 5) is 28.6. The highest BCUT2D eigenvalue weighted by Crippen LogP contribution is 2.38. The topological polar surface area (TPSA) is 59.5 Å². The normalized spacial score (nSPS) is 19.1. The molecule has 5 nitrogen and oxygen atoms in total. The van der Waals surface area contributed by atoms with Gasteiger partial charge in [-0.1, -0.05) is 0 Å². The first kappa shape index (κ1) is 12.9. The predicted molar refractivity (Wildman–Crippen MR) is 67.8 cm³/mol. The van der Waals surface area contributed by atoms with Crippen molar-refractivity contribution < 1.29 is 14.3 Å². The van der Waals surface area contributed by atoms with Gasteiger partial charge in [0, 0.05) is 18.9 Å². The molecule has 0 radical (unpaired) electrons. The van der Waals surface area contributed by atoms with Crippen LogP contribution < -0.4 is 0 Å². The highest BCUT2D eigenvalue weighted by Gasteiger charge is 2.32. The number of methoxy groups -OCH3 is 1. The highest BCUT2D eigenvalue weighted by molar-refractivity contribution is 8.00. The molecule has 0 N–H and O–H groups in total. The maximum Gasteiger partial charge on any atom is 0.307 e. The van der Waals surface area contributed by atoms with Gasteiger partial charge in [-0.3, -0.25) is 14.6 Å². The van der Waals surface area contributed by atoms with E-state index in [1.165, 1.54) is 7.11 Å². The van der Waals surface area contributed by atoms with Gasteiger partial charge in [0.2, 0.25) is 5.91 Å². The fourth-order valence-corrected chi connectivity index (χ4v) is 3.03. The Bertz CT molecular complexity index is 438. The molecular formula is C12H14N2O3S. The zero-order chi connectivity index (χ0) is 13.0. The van der Waals surface area contributed by atoms with Crippen LogP contribution in [0.25, 0.3) is 0 Å². The third-order valence-corrected chi connectivity index (χ3v) is 4.00. The summed E-state index contributed by atoms with van der Waals surface area (Å²) in [5.74, 6) is 0.215. The van der Waals surface area contributed by atoms with Crippen LogP contribution >= 0.6 is 11.8 Å². The molecule has 1 aromatic heterocycles. The summed E-state index contributed by atoms with van der Waals surface area (Å²) < 4.78 is 4.59. The molecule has 0 bridgehead atoms. The summed E-state index contributed by atoms with van der Waals surface area (Å²) in [6.45, 7) is 0.394. The third-order valence-electron chi connectivity index (χ3n) is 2.74. The van der Waals surface area contributed by atoms with Gasteiger partial charge in [-0.25, -0.2) is 0 Å². The monoisotopic (exact) mass is 266 g/mol. The van der Waals surface area contributed by atoms with Crippen molar-refractivity contribution in [2.45, 2.75) is 11.8 Å². The first-order valence-corrected chi connectivity index (χ1v) is 6.65. The lowest BCUT2D eigenvalue weighted by Gasteiger charge is -2.23. The average molecular weight is 266 g/mol. The van der Waals surface area contributed by atoms with Gasteiger partial charge < -0.3 is 9.64 Å². The molecule has 0 spiro atoms. The lowest BCUT2D eigenvalue weighted by Crippen LogP contribution is -2.30. The van der Waals surface area contributed by atoms with Crippen molar-refractivity contribution in [1.82, 2.24) is 9.88 Å². The summed E-state index contributed by atoms with van der Waals surface area (Å²) in [5, 5.41) is -0.0230. The summed E-state index contributed by atoms with van der Waals surface area (Å²) in [7, 11) is 1.35. The van der Waals surface area contributed by atoms with Crippen LogP contribution in [-0.2, 0) is 14.3 Å². The Hall–Kier alpha value is -1.56. The number of pyridine rings is 1. The summed E-state index contributed by atoms with van der Waals surface area (Å²) >= 11 is 1.57. The van der Waals surface area contributed by atoms with Crippen LogP contribution in [0.2, 0.25) is 0 Å². The first-order valence-electron chi connectivity index (χ1n) is 5.60. The largest absolute Gasteiger partial charge is 0.469 e. The average Bonchev–Trinajstić information content (AvgIpc) is 2.78. The van der Waals surface area contributed by atoms with Gasteiger partial charge in [0.15, 0.2) is 0 Å². The maximum atomic E-state index is 11.8. The van der Waals surface area contributed by atoms with Gasteiger partial charge in [-0.05, 0) is 17.7 Å². The fourth-order valence-electron chi connectivity index (χ4n) is 1.81. The third kappa shape index (κ3) is 2.81. The number of thioether (sulfide) groups is 1. The molecule has 1 amide bonds. The number of ether oxygens (including phenoxy) is 1. The van der Waals surface area contributed by atoms with Crippen molar-refractivity contribution in [3.05, 3.63) is 30.1 Å². The number of carbonyl (C=O) groups excluding carboxylic acids is 2. The van der Waals surface area contributed by atoms with E-state index in [2.05, 4.69) is 9.72 Å². The first-order chi connectivity index (χ1) is 8.72. The van der Waals surface area contributed by atoms with Crippen LogP contribution in [0.3, 0.4) is 0 Å². The lowest BCUT2D eigenvalue weighted by molar-refractivity contribution is -0.141. The van der Waals surface area contributed by atoms with Gasteiger partial charge in [0.1, 0.15) is 5.37 Å². The molecule has 0 aromatic carbocycles. The quantitative estimate of drug-likeness (QED) is 0.767. The van der Waals surface area contributed by atoms with E-state index in [0.29, 0.717) is 12.3 Å². The fraction of sp³-hybridized carbons (Fsp3) is 0.417. The van der Waals surface area contributed by atoms with E-state index in [0.717, 1.165) is 5.56 Å². The zero-order valence-corrected chi connectivity index (χ0v) is 10.9. The van der Waals surface area contributed by atoms with Crippen molar-refractivity contribution in [2.24, 2.45) is 0 Å². The number of rotatable bonds is 4. The number of esters is 1. The summed E-state index contributed by atoms with van der Waals surface area (Å²) in [6, 6.07) is 3.78. The molecule has 1 unspecified atom stereocenters. The second-order valence-corrected chi connectivity index (χ2v) is 4.93. The minimum Gasteiger partial charge on any atom is -0.469 e. The Morgan fingerprint density at radius 3 is 2.94 bits per heavy atom. The number of amides is 1. The second-order valence-electron chi connectivity index (χ2n) is 3.86. The van der Waals surface area contributed by atoms with Gasteiger partial charge in [-0.2, -0.15) is 0 Å². The van der Waals surface area contributed by atoms with Crippen LogP contribution in [0.1, 0.15) is 17.4 Å². The van der Waals surface area contributed by atoms with E-state index in [9.17, 15) is 9.59 Å². The molecule has 18 heavy (non-hydrogen) atoms. The Labute approximate surface area is 110 Å². The Balaban J connectivity index is 2.06. The molecular weight excluding hydrogens is 252 g/mol. The van der Waals surface area contributed by atoms with Crippen LogP contribution in [-0.4, -0.2) is 41.2 Å². The molecule has 0 saturated carbocycles. The minimum atomic E-state index is -0.298. The van der Waals surface area contributed by atoms with Gasteiger partial charge in [-0.15, -0.1) is 11.8 Å². The summed E-state index contributed by atoms with van der Waals surface area (Å²) in [6.07, 6.45) is 3.64. The van der Waals surface area contributed by atoms with Crippen molar-refractivity contribution in [2.75, 3.05) is 19.4 Å². The molecule has 1 aliphatic rings. The van der Waals surface area contributed by atoms with Crippen LogP contribution in [0.4, 0.5) is 0 Å². The Morgan fingerprint density at radius 2 is 2.28 bits per heavy atom. The van der Waals surface area contributed by atoms with E-state index >= 15 is 0 Å². The maximum absolute atomic E-state index is 11.8. The van der Waals surface area contributed by atoms with E-state index in [-0.39, 0.29) is 23.7 Å². The Morgan fingerprint density at radius 1 is 1.56 bits per heavy atom. The molecule has 0 aliphatic carbocycles. The molecule has 1 aromatic rings.